The molecule has 4 nitrogen and oxygen atoms in total. The summed E-state index contributed by atoms with van der Waals surface area (Å²) >= 11 is 0. The highest BCUT2D eigenvalue weighted by Gasteiger charge is 2.15. The van der Waals surface area contributed by atoms with Crippen LogP contribution in [0.3, 0.4) is 0 Å². The summed E-state index contributed by atoms with van der Waals surface area (Å²) in [5.74, 6) is -0.383. The van der Waals surface area contributed by atoms with E-state index >= 15 is 0 Å². The molecule has 1 amide bonds. The van der Waals surface area contributed by atoms with Crippen molar-refractivity contribution in [1.82, 2.24) is 4.57 Å². The maximum atomic E-state index is 12.6. The van der Waals surface area contributed by atoms with E-state index in [0.717, 1.165) is 11.1 Å². The third kappa shape index (κ3) is 2.88. The second-order valence-corrected chi connectivity index (χ2v) is 5.50. The molecule has 23 heavy (non-hydrogen) atoms. The summed E-state index contributed by atoms with van der Waals surface area (Å²) in [4.78, 5) is 25.1. The van der Waals surface area contributed by atoms with Crippen LogP contribution in [0.4, 0.5) is 5.69 Å². The molecule has 0 fully saturated rings. The van der Waals surface area contributed by atoms with Crippen LogP contribution >= 0.6 is 0 Å². The number of aromatic nitrogens is 1. The molecular formula is C19H18N2O2. The number of carbonyl (C=O) groups excluding carboxylic acids is 1. The topological polar surface area (TPSA) is 51.1 Å². The number of pyridine rings is 1. The fourth-order valence-electron chi connectivity index (χ4n) is 2.60. The average Bonchev–Trinajstić information content (AvgIpc) is 2.57. The van der Waals surface area contributed by atoms with E-state index < -0.39 is 0 Å². The Labute approximate surface area is 134 Å². The number of fused-ring (bicyclic) bond motifs is 1. The van der Waals surface area contributed by atoms with Gasteiger partial charge in [0.2, 0.25) is 5.43 Å². The first-order valence-corrected chi connectivity index (χ1v) is 7.60. The Bertz CT molecular complexity index is 924. The number of carbonyl (C=O) groups is 1. The zero-order chi connectivity index (χ0) is 16.4. The molecule has 2 aromatic carbocycles. The number of aryl methyl sites for hydroxylation is 2. The summed E-state index contributed by atoms with van der Waals surface area (Å²) in [7, 11) is 0. The lowest BCUT2D eigenvalue weighted by Gasteiger charge is -2.11. The van der Waals surface area contributed by atoms with Crippen LogP contribution in [-0.4, -0.2) is 10.5 Å². The number of anilines is 1. The molecule has 0 unspecified atom stereocenters. The predicted molar refractivity (Wildman–Crippen MR) is 93.0 cm³/mol. The van der Waals surface area contributed by atoms with Crippen LogP contribution in [0.25, 0.3) is 10.9 Å². The van der Waals surface area contributed by atoms with Crippen LogP contribution < -0.4 is 10.7 Å². The second-order valence-electron chi connectivity index (χ2n) is 5.50. The molecule has 4 heteroatoms. The Morgan fingerprint density at radius 2 is 1.78 bits per heavy atom. The molecule has 0 radical (unpaired) electrons. The smallest absolute Gasteiger partial charge is 0.261 e. The van der Waals surface area contributed by atoms with Crippen molar-refractivity contribution in [3.05, 3.63) is 76.1 Å². The quantitative estimate of drug-likeness (QED) is 0.804. The number of nitrogens with one attached hydrogen (secondary N) is 1. The molecule has 3 rings (SSSR count). The molecule has 0 saturated carbocycles. The van der Waals surface area contributed by atoms with Crippen molar-refractivity contribution in [2.45, 2.75) is 20.4 Å². The van der Waals surface area contributed by atoms with Gasteiger partial charge in [-0.05, 0) is 38.1 Å². The van der Waals surface area contributed by atoms with Crippen LogP contribution in [0.15, 0.2) is 59.5 Å². The van der Waals surface area contributed by atoms with E-state index in [1.165, 1.54) is 0 Å². The van der Waals surface area contributed by atoms with Gasteiger partial charge < -0.3 is 9.88 Å². The van der Waals surface area contributed by atoms with Gasteiger partial charge in [-0.1, -0.05) is 29.8 Å². The number of para-hydroxylation sites is 1. The molecule has 0 spiro atoms. The van der Waals surface area contributed by atoms with E-state index in [2.05, 4.69) is 5.32 Å². The summed E-state index contributed by atoms with van der Waals surface area (Å²) < 4.78 is 1.92. The number of amides is 1. The molecule has 3 aromatic rings. The Morgan fingerprint density at radius 3 is 2.48 bits per heavy atom. The summed E-state index contributed by atoms with van der Waals surface area (Å²) in [6.07, 6.45) is 1.63. The number of rotatable bonds is 3. The first-order chi connectivity index (χ1) is 11.1. The molecule has 0 aliphatic carbocycles. The van der Waals surface area contributed by atoms with E-state index in [1.54, 1.807) is 12.3 Å². The van der Waals surface area contributed by atoms with Gasteiger partial charge in [-0.25, -0.2) is 0 Å². The summed E-state index contributed by atoms with van der Waals surface area (Å²) in [5, 5.41) is 3.35. The zero-order valence-corrected chi connectivity index (χ0v) is 13.2. The zero-order valence-electron chi connectivity index (χ0n) is 13.2. The Morgan fingerprint density at radius 1 is 1.09 bits per heavy atom. The average molecular weight is 306 g/mol. The van der Waals surface area contributed by atoms with Crippen molar-refractivity contribution < 1.29 is 4.79 Å². The molecule has 0 bridgehead atoms. The highest BCUT2D eigenvalue weighted by atomic mass is 16.2. The lowest BCUT2D eigenvalue weighted by atomic mass is 10.1. The SMILES string of the molecule is CCn1cc(C(=O)Nc2ccc(C)cc2)c(=O)c2ccccc21. The minimum Gasteiger partial charge on any atom is -0.347 e. The van der Waals surface area contributed by atoms with Gasteiger partial charge in [-0.2, -0.15) is 0 Å². The largest absolute Gasteiger partial charge is 0.347 e. The van der Waals surface area contributed by atoms with Gasteiger partial charge in [0.15, 0.2) is 0 Å². The third-order valence-electron chi connectivity index (χ3n) is 3.88. The second kappa shape index (κ2) is 6.08. The van der Waals surface area contributed by atoms with E-state index in [1.807, 2.05) is 60.9 Å². The molecule has 1 aromatic heterocycles. The minimum absolute atomic E-state index is 0.158. The summed E-state index contributed by atoms with van der Waals surface area (Å²) in [5.41, 5.74) is 2.55. The monoisotopic (exact) mass is 306 g/mol. The highest BCUT2D eigenvalue weighted by Crippen LogP contribution is 2.14. The normalized spacial score (nSPS) is 10.7. The fourth-order valence-corrected chi connectivity index (χ4v) is 2.60. The van der Waals surface area contributed by atoms with Gasteiger partial charge in [0.25, 0.3) is 5.91 Å². The number of nitrogens with zero attached hydrogens (tertiary/aromatic N) is 1. The Balaban J connectivity index is 2.05. The molecule has 1 N–H and O–H groups in total. The van der Waals surface area contributed by atoms with Crippen LogP contribution in [-0.2, 0) is 6.54 Å². The third-order valence-corrected chi connectivity index (χ3v) is 3.88. The summed E-state index contributed by atoms with van der Waals surface area (Å²) in [6.45, 7) is 4.65. The van der Waals surface area contributed by atoms with Crippen LogP contribution in [0, 0.1) is 6.92 Å². The predicted octanol–water partition coefficient (Wildman–Crippen LogP) is 3.58. The van der Waals surface area contributed by atoms with E-state index in [-0.39, 0.29) is 16.9 Å². The maximum absolute atomic E-state index is 12.6. The van der Waals surface area contributed by atoms with Gasteiger partial charge in [-0.15, -0.1) is 0 Å². The first kappa shape index (κ1) is 15.0. The van der Waals surface area contributed by atoms with Crippen molar-refractivity contribution in [2.75, 3.05) is 5.32 Å². The van der Waals surface area contributed by atoms with E-state index in [0.29, 0.717) is 17.6 Å². The molecule has 1 heterocycles. The highest BCUT2D eigenvalue weighted by molar-refractivity contribution is 6.05. The Hall–Kier alpha value is -2.88. The van der Waals surface area contributed by atoms with Gasteiger partial charge in [0.1, 0.15) is 5.56 Å². The standard InChI is InChI=1S/C19H18N2O2/c1-3-21-12-16(18(22)15-6-4-5-7-17(15)21)19(23)20-14-10-8-13(2)9-11-14/h4-12H,3H2,1-2H3,(H,20,23). The summed E-state index contributed by atoms with van der Waals surface area (Å²) in [6, 6.07) is 14.8. The molecule has 116 valence electrons. The van der Waals surface area contributed by atoms with Crippen molar-refractivity contribution >= 4 is 22.5 Å². The molecular weight excluding hydrogens is 288 g/mol. The van der Waals surface area contributed by atoms with Gasteiger partial charge in [0, 0.05) is 23.8 Å². The molecule has 0 atom stereocenters. The minimum atomic E-state index is -0.383. The van der Waals surface area contributed by atoms with Crippen LogP contribution in [0.1, 0.15) is 22.8 Å². The van der Waals surface area contributed by atoms with Gasteiger partial charge in [-0.3, -0.25) is 9.59 Å². The van der Waals surface area contributed by atoms with Crippen molar-refractivity contribution in [3.8, 4) is 0 Å². The van der Waals surface area contributed by atoms with Gasteiger partial charge >= 0.3 is 0 Å². The number of hydrogen-bond acceptors (Lipinski definition) is 2. The number of hydrogen-bond donors (Lipinski definition) is 1. The van der Waals surface area contributed by atoms with Crippen molar-refractivity contribution in [3.63, 3.8) is 0 Å². The molecule has 0 aliphatic rings. The van der Waals surface area contributed by atoms with E-state index in [4.69, 9.17) is 0 Å². The van der Waals surface area contributed by atoms with Crippen LogP contribution in [0.5, 0.6) is 0 Å². The van der Waals surface area contributed by atoms with Crippen molar-refractivity contribution in [1.29, 1.82) is 0 Å². The van der Waals surface area contributed by atoms with Gasteiger partial charge in [0.05, 0.1) is 5.52 Å². The molecule has 0 aliphatic heterocycles. The van der Waals surface area contributed by atoms with E-state index in [9.17, 15) is 9.59 Å². The fraction of sp³-hybridized carbons (Fsp3) is 0.158. The lowest BCUT2D eigenvalue weighted by Crippen LogP contribution is -2.23. The maximum Gasteiger partial charge on any atom is 0.261 e. The lowest BCUT2D eigenvalue weighted by molar-refractivity contribution is 0.102. The Kier molecular flexibility index (Phi) is 3.98. The molecule has 0 saturated heterocycles. The van der Waals surface area contributed by atoms with Crippen LogP contribution in [0.2, 0.25) is 0 Å². The van der Waals surface area contributed by atoms with Crippen molar-refractivity contribution in [2.24, 2.45) is 0 Å². The first-order valence-electron chi connectivity index (χ1n) is 7.60. The number of benzene rings is 2.